The van der Waals surface area contributed by atoms with Crippen molar-refractivity contribution in [2.24, 2.45) is 13.0 Å². The normalized spacial score (nSPS) is 24.0. The van der Waals surface area contributed by atoms with Gasteiger partial charge in [-0.3, -0.25) is 9.58 Å². The van der Waals surface area contributed by atoms with Crippen molar-refractivity contribution < 1.29 is 32.5 Å². The minimum absolute atomic E-state index is 0.0478. The van der Waals surface area contributed by atoms with Gasteiger partial charge < -0.3 is 14.6 Å². The first-order valence-electron chi connectivity index (χ1n) is 10.8. The maximum absolute atomic E-state index is 10.6. The van der Waals surface area contributed by atoms with E-state index in [0.29, 0.717) is 6.10 Å². The first-order chi connectivity index (χ1) is 14.6. The van der Waals surface area contributed by atoms with Gasteiger partial charge in [-0.2, -0.15) is 18.3 Å². The molecule has 2 saturated heterocycles. The van der Waals surface area contributed by atoms with Gasteiger partial charge in [0.25, 0.3) is 0 Å². The van der Waals surface area contributed by atoms with Crippen molar-refractivity contribution in [2.45, 2.75) is 69.9 Å². The van der Waals surface area contributed by atoms with Crippen LogP contribution >= 0.6 is 0 Å². The van der Waals surface area contributed by atoms with Crippen LogP contribution in [0.3, 0.4) is 0 Å². The van der Waals surface area contributed by atoms with Gasteiger partial charge in [-0.25, -0.2) is 4.79 Å². The topological polar surface area (TPSA) is 76.8 Å². The van der Waals surface area contributed by atoms with Crippen LogP contribution in [0, 0.1) is 12.8 Å². The fourth-order valence-corrected chi connectivity index (χ4v) is 4.72. The Morgan fingerprint density at radius 2 is 1.97 bits per heavy atom. The Bertz CT molecular complexity index is 741. The van der Waals surface area contributed by atoms with Crippen LogP contribution in [0.5, 0.6) is 0 Å². The summed E-state index contributed by atoms with van der Waals surface area (Å²) in [5.41, 5.74) is 2.43. The Morgan fingerprint density at radius 3 is 2.52 bits per heavy atom. The lowest BCUT2D eigenvalue weighted by Gasteiger charge is -2.53. The zero-order valence-corrected chi connectivity index (χ0v) is 18.2. The average molecular weight is 447 g/mol. The second kappa shape index (κ2) is 9.87. The molecule has 1 saturated carbocycles. The van der Waals surface area contributed by atoms with Crippen LogP contribution in [0.15, 0.2) is 6.07 Å². The molecule has 0 bridgehead atoms. The highest BCUT2D eigenvalue weighted by atomic mass is 19.4. The summed E-state index contributed by atoms with van der Waals surface area (Å²) in [4.78, 5) is 11.4. The smallest absolute Gasteiger partial charge is 0.475 e. The van der Waals surface area contributed by atoms with Crippen molar-refractivity contribution in [3.63, 3.8) is 0 Å². The van der Waals surface area contributed by atoms with Gasteiger partial charge in [0.2, 0.25) is 0 Å². The molecular weight excluding hydrogens is 415 g/mol. The third-order valence-electron chi connectivity index (χ3n) is 6.24. The molecule has 1 atom stereocenters. The molecule has 4 rings (SSSR count). The number of alkyl halides is 3. The monoisotopic (exact) mass is 447 g/mol. The average Bonchev–Trinajstić information content (AvgIpc) is 3.28. The number of rotatable bonds is 5. The first-order valence-corrected chi connectivity index (χ1v) is 10.8. The van der Waals surface area contributed by atoms with E-state index in [4.69, 9.17) is 19.4 Å². The molecule has 176 valence electrons. The Balaban J connectivity index is 0.000000339. The van der Waals surface area contributed by atoms with Gasteiger partial charge in [0, 0.05) is 46.3 Å². The summed E-state index contributed by atoms with van der Waals surface area (Å²) in [6.07, 6.45) is 2.98. The molecule has 1 aliphatic carbocycles. The summed E-state index contributed by atoms with van der Waals surface area (Å²) in [6.45, 7) is 6.90. The summed E-state index contributed by atoms with van der Waals surface area (Å²) in [5, 5.41) is 11.6. The van der Waals surface area contributed by atoms with E-state index in [-0.39, 0.29) is 5.60 Å². The lowest BCUT2D eigenvalue weighted by molar-refractivity contribution is -0.200. The Labute approximate surface area is 180 Å². The summed E-state index contributed by atoms with van der Waals surface area (Å²) in [6, 6.07) is 2.18. The Morgan fingerprint density at radius 1 is 1.32 bits per heavy atom. The summed E-state index contributed by atoms with van der Waals surface area (Å²) in [5.74, 6) is -1.94. The molecule has 7 nitrogen and oxygen atoms in total. The Hall–Kier alpha value is -1.65. The molecule has 1 N–H and O–H groups in total. The maximum atomic E-state index is 10.6. The van der Waals surface area contributed by atoms with Gasteiger partial charge in [-0.1, -0.05) is 12.8 Å². The number of nitrogens with zero attached hydrogens (tertiary/aromatic N) is 3. The first kappa shape index (κ1) is 24.0. The number of aromatic nitrogens is 2. The van der Waals surface area contributed by atoms with Gasteiger partial charge in [-0.15, -0.1) is 0 Å². The molecule has 0 aromatic carbocycles. The molecule has 1 aromatic rings. The molecular formula is C21H32F3N3O4. The van der Waals surface area contributed by atoms with E-state index >= 15 is 0 Å². The molecule has 10 heteroatoms. The summed E-state index contributed by atoms with van der Waals surface area (Å²) >= 11 is 0. The van der Waals surface area contributed by atoms with E-state index in [1.807, 2.05) is 11.7 Å². The van der Waals surface area contributed by atoms with Crippen LogP contribution in [-0.2, 0) is 27.9 Å². The molecule has 31 heavy (non-hydrogen) atoms. The van der Waals surface area contributed by atoms with Gasteiger partial charge in [0.15, 0.2) is 0 Å². The zero-order chi connectivity index (χ0) is 22.6. The number of aliphatic carboxylic acids is 1. The number of carboxylic acid groups (broad SMARTS) is 1. The van der Waals surface area contributed by atoms with E-state index in [9.17, 15) is 13.2 Å². The minimum Gasteiger partial charge on any atom is -0.475 e. The predicted molar refractivity (Wildman–Crippen MR) is 107 cm³/mol. The van der Waals surface area contributed by atoms with Gasteiger partial charge >= 0.3 is 12.1 Å². The number of hydrogen-bond donors (Lipinski definition) is 1. The highest BCUT2D eigenvalue weighted by molar-refractivity contribution is 5.73. The molecule has 1 unspecified atom stereocenters. The lowest BCUT2D eigenvalue weighted by atomic mass is 9.84. The largest absolute Gasteiger partial charge is 0.490 e. The predicted octanol–water partition coefficient (Wildman–Crippen LogP) is 3.30. The molecule has 3 aliphatic rings. The minimum atomic E-state index is -5.08. The molecule has 2 aliphatic heterocycles. The van der Waals surface area contributed by atoms with Crippen LogP contribution in [0.1, 0.15) is 49.9 Å². The SMILES string of the molecule is Cc1cc(CN2CC3(CC(OCC4CCCC4)CCO3)C2)n(C)n1.O=C(O)C(F)(F)F. The van der Waals surface area contributed by atoms with E-state index in [2.05, 4.69) is 23.0 Å². The number of carboxylic acids is 1. The molecule has 1 aromatic heterocycles. The van der Waals surface area contributed by atoms with Crippen molar-refractivity contribution in [1.82, 2.24) is 14.7 Å². The second-order valence-electron chi connectivity index (χ2n) is 8.98. The van der Waals surface area contributed by atoms with Crippen molar-refractivity contribution >= 4 is 5.97 Å². The maximum Gasteiger partial charge on any atom is 0.490 e. The fraction of sp³-hybridized carbons (Fsp3) is 0.810. The van der Waals surface area contributed by atoms with Crippen molar-refractivity contribution in [2.75, 3.05) is 26.3 Å². The highest BCUT2D eigenvalue weighted by Crippen LogP contribution is 2.36. The summed E-state index contributed by atoms with van der Waals surface area (Å²) < 4.78 is 46.2. The number of carbonyl (C=O) groups is 1. The lowest BCUT2D eigenvalue weighted by Crippen LogP contribution is -2.65. The van der Waals surface area contributed by atoms with Gasteiger partial charge in [0.1, 0.15) is 0 Å². The van der Waals surface area contributed by atoms with E-state index in [1.165, 1.54) is 31.4 Å². The number of hydrogen-bond acceptors (Lipinski definition) is 5. The van der Waals surface area contributed by atoms with Crippen molar-refractivity contribution in [1.29, 1.82) is 0 Å². The number of halogens is 3. The van der Waals surface area contributed by atoms with E-state index < -0.39 is 12.1 Å². The molecule has 3 heterocycles. The number of aryl methyl sites for hydroxylation is 2. The number of ether oxygens (including phenoxy) is 2. The zero-order valence-electron chi connectivity index (χ0n) is 18.2. The van der Waals surface area contributed by atoms with Crippen LogP contribution < -0.4 is 0 Å². The van der Waals surface area contributed by atoms with E-state index in [0.717, 1.165) is 57.3 Å². The third-order valence-corrected chi connectivity index (χ3v) is 6.24. The quantitative estimate of drug-likeness (QED) is 0.747. The molecule has 0 amide bonds. The van der Waals surface area contributed by atoms with E-state index in [1.54, 1.807) is 0 Å². The Kier molecular flexibility index (Phi) is 7.64. The standard InChI is InChI=1S/C19H31N3O2.C2HF3O2/c1-15-9-17(21(2)20-15)11-22-13-19(14-22)10-18(7-8-24-19)23-12-16-5-3-4-6-16;3-2(4,5)1(6)7/h9,16,18H,3-8,10-14H2,1-2H3;(H,6,7). The van der Waals surface area contributed by atoms with Gasteiger partial charge in [0.05, 0.1) is 23.1 Å². The van der Waals surface area contributed by atoms with Gasteiger partial charge in [-0.05, 0) is 38.2 Å². The van der Waals surface area contributed by atoms with Crippen molar-refractivity contribution in [3.8, 4) is 0 Å². The molecule has 1 spiro atoms. The highest BCUT2D eigenvalue weighted by Gasteiger charge is 2.48. The van der Waals surface area contributed by atoms with Crippen LogP contribution in [-0.4, -0.2) is 69.9 Å². The number of likely N-dealkylation sites (tertiary alicyclic amines) is 1. The van der Waals surface area contributed by atoms with Crippen LogP contribution in [0.2, 0.25) is 0 Å². The molecule has 0 radical (unpaired) electrons. The molecule has 3 fully saturated rings. The van der Waals surface area contributed by atoms with Crippen LogP contribution in [0.25, 0.3) is 0 Å². The van der Waals surface area contributed by atoms with Crippen LogP contribution in [0.4, 0.5) is 13.2 Å². The third kappa shape index (κ3) is 6.66. The van der Waals surface area contributed by atoms with Crippen molar-refractivity contribution in [3.05, 3.63) is 17.5 Å². The second-order valence-corrected chi connectivity index (χ2v) is 8.98. The fourth-order valence-electron chi connectivity index (χ4n) is 4.72. The summed E-state index contributed by atoms with van der Waals surface area (Å²) in [7, 11) is 2.03.